The number of carboxylic acids is 1. The van der Waals surface area contributed by atoms with Gasteiger partial charge in [-0.1, -0.05) is 13.3 Å². The van der Waals surface area contributed by atoms with Gasteiger partial charge in [0.05, 0.1) is 0 Å². The maximum absolute atomic E-state index is 10.9. The highest BCUT2D eigenvalue weighted by atomic mass is 16.4. The van der Waals surface area contributed by atoms with Gasteiger partial charge in [0.1, 0.15) is 5.54 Å². The molecular formula is C8H15NO2. The maximum Gasteiger partial charge on any atom is 0.324 e. The first kappa shape index (κ1) is 8.53. The van der Waals surface area contributed by atoms with Crippen LogP contribution in [-0.2, 0) is 4.79 Å². The van der Waals surface area contributed by atoms with E-state index in [1.54, 1.807) is 7.05 Å². The van der Waals surface area contributed by atoms with Gasteiger partial charge in [0.25, 0.3) is 0 Å². The third-order valence-electron chi connectivity index (χ3n) is 2.88. The second kappa shape index (κ2) is 2.81. The van der Waals surface area contributed by atoms with Crippen LogP contribution in [-0.4, -0.2) is 23.7 Å². The first-order chi connectivity index (χ1) is 5.13. The molecule has 2 N–H and O–H groups in total. The average Bonchev–Trinajstić information content (AvgIpc) is 2.32. The van der Waals surface area contributed by atoms with E-state index in [1.807, 2.05) is 6.92 Å². The van der Waals surface area contributed by atoms with Gasteiger partial charge < -0.3 is 10.4 Å². The average molecular weight is 157 g/mol. The molecule has 2 atom stereocenters. The van der Waals surface area contributed by atoms with Crippen molar-refractivity contribution in [2.24, 2.45) is 5.92 Å². The SMILES string of the molecule is CNC1(C(=O)O)CCC[C@H]1C. The zero-order valence-corrected chi connectivity index (χ0v) is 7.05. The second-order valence-corrected chi connectivity index (χ2v) is 3.32. The Labute approximate surface area is 66.8 Å². The van der Waals surface area contributed by atoms with E-state index in [4.69, 9.17) is 5.11 Å². The van der Waals surface area contributed by atoms with Gasteiger partial charge in [0.2, 0.25) is 0 Å². The summed E-state index contributed by atoms with van der Waals surface area (Å²) in [6.45, 7) is 2.00. The Hall–Kier alpha value is -0.570. The molecular weight excluding hydrogens is 142 g/mol. The van der Waals surface area contributed by atoms with Gasteiger partial charge in [0.15, 0.2) is 0 Å². The van der Waals surface area contributed by atoms with E-state index in [0.717, 1.165) is 19.3 Å². The van der Waals surface area contributed by atoms with Crippen LogP contribution in [0.25, 0.3) is 0 Å². The Morgan fingerprint density at radius 3 is 2.55 bits per heavy atom. The van der Waals surface area contributed by atoms with E-state index in [1.165, 1.54) is 0 Å². The molecule has 0 aliphatic heterocycles. The van der Waals surface area contributed by atoms with E-state index >= 15 is 0 Å². The summed E-state index contributed by atoms with van der Waals surface area (Å²) in [6, 6.07) is 0. The third-order valence-corrected chi connectivity index (χ3v) is 2.88. The molecule has 1 saturated carbocycles. The molecule has 0 heterocycles. The second-order valence-electron chi connectivity index (χ2n) is 3.32. The molecule has 64 valence electrons. The molecule has 0 aromatic heterocycles. The molecule has 1 aliphatic rings. The highest BCUT2D eigenvalue weighted by molar-refractivity contribution is 5.79. The van der Waals surface area contributed by atoms with E-state index in [0.29, 0.717) is 0 Å². The van der Waals surface area contributed by atoms with Crippen molar-refractivity contribution in [3.05, 3.63) is 0 Å². The lowest BCUT2D eigenvalue weighted by molar-refractivity contribution is -0.146. The lowest BCUT2D eigenvalue weighted by Crippen LogP contribution is -2.52. The van der Waals surface area contributed by atoms with Gasteiger partial charge in [-0.05, 0) is 25.8 Å². The van der Waals surface area contributed by atoms with Crippen LogP contribution < -0.4 is 5.32 Å². The molecule has 0 amide bonds. The molecule has 0 spiro atoms. The van der Waals surface area contributed by atoms with E-state index in [-0.39, 0.29) is 5.92 Å². The fourth-order valence-electron chi connectivity index (χ4n) is 1.98. The molecule has 0 radical (unpaired) electrons. The third kappa shape index (κ3) is 1.13. The minimum atomic E-state index is -0.704. The Kier molecular flexibility index (Phi) is 2.18. The lowest BCUT2D eigenvalue weighted by atomic mass is 9.89. The van der Waals surface area contributed by atoms with Gasteiger partial charge in [-0.15, -0.1) is 0 Å². The van der Waals surface area contributed by atoms with Gasteiger partial charge in [-0.3, -0.25) is 4.79 Å². The van der Waals surface area contributed by atoms with Gasteiger partial charge in [-0.2, -0.15) is 0 Å². The van der Waals surface area contributed by atoms with Crippen LogP contribution in [0, 0.1) is 5.92 Å². The molecule has 1 fully saturated rings. The number of rotatable bonds is 2. The summed E-state index contributed by atoms with van der Waals surface area (Å²) >= 11 is 0. The number of likely N-dealkylation sites (N-methyl/N-ethyl adjacent to an activating group) is 1. The first-order valence-electron chi connectivity index (χ1n) is 4.06. The number of carbonyl (C=O) groups is 1. The number of nitrogens with one attached hydrogen (secondary N) is 1. The quantitative estimate of drug-likeness (QED) is 0.624. The summed E-state index contributed by atoms with van der Waals surface area (Å²) in [7, 11) is 1.73. The molecule has 1 unspecified atom stereocenters. The normalized spacial score (nSPS) is 37.5. The van der Waals surface area contributed by atoms with Crippen LogP contribution in [0.4, 0.5) is 0 Å². The molecule has 0 aromatic carbocycles. The van der Waals surface area contributed by atoms with Crippen molar-refractivity contribution in [2.45, 2.75) is 31.7 Å². The van der Waals surface area contributed by atoms with Crippen molar-refractivity contribution in [2.75, 3.05) is 7.05 Å². The summed E-state index contributed by atoms with van der Waals surface area (Å²) in [6.07, 6.45) is 2.81. The van der Waals surface area contributed by atoms with Crippen molar-refractivity contribution in [3.8, 4) is 0 Å². The van der Waals surface area contributed by atoms with E-state index in [2.05, 4.69) is 5.32 Å². The predicted octanol–water partition coefficient (Wildman–Crippen LogP) is 0.849. The lowest BCUT2D eigenvalue weighted by Gasteiger charge is -2.28. The van der Waals surface area contributed by atoms with Crippen LogP contribution in [0.15, 0.2) is 0 Å². The molecule has 0 aromatic rings. The molecule has 3 heteroatoms. The molecule has 0 saturated heterocycles. The van der Waals surface area contributed by atoms with Crippen molar-refractivity contribution in [3.63, 3.8) is 0 Å². The van der Waals surface area contributed by atoms with Crippen LogP contribution in [0.2, 0.25) is 0 Å². The summed E-state index contributed by atoms with van der Waals surface area (Å²) < 4.78 is 0. The predicted molar refractivity (Wildman–Crippen MR) is 42.4 cm³/mol. The summed E-state index contributed by atoms with van der Waals surface area (Å²) in [4.78, 5) is 10.9. The maximum atomic E-state index is 10.9. The van der Waals surface area contributed by atoms with Crippen molar-refractivity contribution >= 4 is 5.97 Å². The first-order valence-corrected chi connectivity index (χ1v) is 4.06. The van der Waals surface area contributed by atoms with E-state index < -0.39 is 11.5 Å². The Balaban J connectivity index is 2.82. The van der Waals surface area contributed by atoms with Crippen LogP contribution in [0.3, 0.4) is 0 Å². The molecule has 3 nitrogen and oxygen atoms in total. The summed E-state index contributed by atoms with van der Waals surface area (Å²) in [5.41, 5.74) is -0.639. The standard InChI is InChI=1S/C8H15NO2/c1-6-4-3-5-8(6,9-2)7(10)11/h6,9H,3-5H2,1-2H3,(H,10,11)/t6-,8?/m1/s1. The van der Waals surface area contributed by atoms with Crippen molar-refractivity contribution in [1.82, 2.24) is 5.32 Å². The monoisotopic (exact) mass is 157 g/mol. The zero-order chi connectivity index (χ0) is 8.48. The fourth-order valence-corrected chi connectivity index (χ4v) is 1.98. The van der Waals surface area contributed by atoms with Crippen molar-refractivity contribution in [1.29, 1.82) is 0 Å². The number of hydrogen-bond acceptors (Lipinski definition) is 2. The fraction of sp³-hybridized carbons (Fsp3) is 0.875. The Morgan fingerprint density at radius 2 is 2.36 bits per heavy atom. The minimum absolute atomic E-state index is 0.255. The summed E-state index contributed by atoms with van der Waals surface area (Å²) in [5.74, 6) is -0.449. The van der Waals surface area contributed by atoms with Gasteiger partial charge in [0, 0.05) is 0 Å². The molecule has 0 bridgehead atoms. The number of aliphatic carboxylic acids is 1. The minimum Gasteiger partial charge on any atom is -0.480 e. The van der Waals surface area contributed by atoms with Crippen LogP contribution in [0.5, 0.6) is 0 Å². The summed E-state index contributed by atoms with van der Waals surface area (Å²) in [5, 5.41) is 11.9. The van der Waals surface area contributed by atoms with Crippen LogP contribution >= 0.6 is 0 Å². The van der Waals surface area contributed by atoms with Gasteiger partial charge >= 0.3 is 5.97 Å². The molecule has 1 rings (SSSR count). The molecule has 1 aliphatic carbocycles. The highest BCUT2D eigenvalue weighted by Gasteiger charge is 2.45. The smallest absolute Gasteiger partial charge is 0.324 e. The van der Waals surface area contributed by atoms with Gasteiger partial charge in [-0.25, -0.2) is 0 Å². The van der Waals surface area contributed by atoms with Crippen molar-refractivity contribution < 1.29 is 9.90 Å². The highest BCUT2D eigenvalue weighted by Crippen LogP contribution is 2.35. The molecule has 11 heavy (non-hydrogen) atoms. The Morgan fingerprint density at radius 1 is 1.73 bits per heavy atom. The van der Waals surface area contributed by atoms with Crippen LogP contribution in [0.1, 0.15) is 26.2 Å². The Bertz CT molecular complexity index is 169. The van der Waals surface area contributed by atoms with E-state index in [9.17, 15) is 4.79 Å². The number of hydrogen-bond donors (Lipinski definition) is 2. The zero-order valence-electron chi connectivity index (χ0n) is 7.05. The number of carboxylic acid groups (broad SMARTS) is 1. The topological polar surface area (TPSA) is 49.3 Å². The largest absolute Gasteiger partial charge is 0.480 e.